The van der Waals surface area contributed by atoms with Gasteiger partial charge in [0.2, 0.25) is 0 Å². The van der Waals surface area contributed by atoms with E-state index in [1.165, 1.54) is 5.56 Å². The van der Waals surface area contributed by atoms with Gasteiger partial charge >= 0.3 is 0 Å². The molecule has 0 unspecified atom stereocenters. The van der Waals surface area contributed by atoms with Crippen LogP contribution in [0.2, 0.25) is 0 Å². The van der Waals surface area contributed by atoms with Crippen LogP contribution in [0.4, 0.5) is 0 Å². The first-order valence-electron chi connectivity index (χ1n) is 7.04. The number of hydrogen-bond donors (Lipinski definition) is 0. The van der Waals surface area contributed by atoms with Crippen LogP contribution < -0.4 is 0 Å². The van der Waals surface area contributed by atoms with Gasteiger partial charge in [-0.15, -0.1) is 0 Å². The summed E-state index contributed by atoms with van der Waals surface area (Å²) in [7, 11) is 0. The van der Waals surface area contributed by atoms with E-state index >= 15 is 0 Å². The van der Waals surface area contributed by atoms with E-state index in [0.717, 1.165) is 30.6 Å². The summed E-state index contributed by atoms with van der Waals surface area (Å²) in [5.41, 5.74) is 2.96. The minimum atomic E-state index is 0.127. The van der Waals surface area contributed by atoms with Gasteiger partial charge in [0.05, 0.1) is 6.04 Å². The zero-order chi connectivity index (χ0) is 13.9. The fourth-order valence-electron chi connectivity index (χ4n) is 2.88. The van der Waals surface area contributed by atoms with Gasteiger partial charge in [0.1, 0.15) is 0 Å². The molecule has 102 valence electrons. The topological polar surface area (TPSA) is 33.2 Å². The Balaban J connectivity index is 1.88. The molecule has 1 fully saturated rings. The molecule has 3 nitrogen and oxygen atoms in total. The maximum Gasteiger partial charge on any atom is 0.254 e. The highest BCUT2D eigenvalue weighted by molar-refractivity contribution is 5.94. The summed E-state index contributed by atoms with van der Waals surface area (Å²) >= 11 is 0. The minimum Gasteiger partial charge on any atom is -0.332 e. The summed E-state index contributed by atoms with van der Waals surface area (Å²) in [6, 6.07) is 13.8. The molecule has 1 atom stereocenters. The molecule has 0 N–H and O–H groups in total. The molecule has 0 spiro atoms. The summed E-state index contributed by atoms with van der Waals surface area (Å²) in [6.07, 6.45) is 3.92. The van der Waals surface area contributed by atoms with Crippen molar-refractivity contribution in [1.82, 2.24) is 9.88 Å². The Kier molecular flexibility index (Phi) is 3.50. The maximum atomic E-state index is 12.6. The largest absolute Gasteiger partial charge is 0.332 e. The van der Waals surface area contributed by atoms with Crippen LogP contribution in [0.5, 0.6) is 0 Å². The molecule has 1 aromatic heterocycles. The van der Waals surface area contributed by atoms with Crippen molar-refractivity contribution in [3.8, 4) is 0 Å². The number of amides is 1. The molecule has 2 heterocycles. The van der Waals surface area contributed by atoms with Gasteiger partial charge < -0.3 is 4.90 Å². The number of carbonyl (C=O) groups is 1. The molecule has 1 saturated heterocycles. The van der Waals surface area contributed by atoms with Gasteiger partial charge in [-0.2, -0.15) is 0 Å². The highest BCUT2D eigenvalue weighted by atomic mass is 16.2. The first-order chi connectivity index (χ1) is 9.75. The van der Waals surface area contributed by atoms with Crippen molar-refractivity contribution in [3.05, 3.63) is 65.5 Å². The van der Waals surface area contributed by atoms with Gasteiger partial charge in [0, 0.05) is 24.0 Å². The zero-order valence-corrected chi connectivity index (χ0v) is 11.6. The lowest BCUT2D eigenvalue weighted by Crippen LogP contribution is -2.30. The van der Waals surface area contributed by atoms with Gasteiger partial charge in [0.25, 0.3) is 5.91 Å². The number of carbonyl (C=O) groups excluding carboxylic acids is 1. The summed E-state index contributed by atoms with van der Waals surface area (Å²) in [4.78, 5) is 18.9. The van der Waals surface area contributed by atoms with Crippen LogP contribution >= 0.6 is 0 Å². The lowest BCUT2D eigenvalue weighted by molar-refractivity contribution is 0.0735. The van der Waals surface area contributed by atoms with Crippen molar-refractivity contribution >= 4 is 5.91 Å². The fraction of sp³-hybridized carbons (Fsp3) is 0.294. The lowest BCUT2D eigenvalue weighted by Gasteiger charge is -2.25. The molecule has 0 bridgehead atoms. The molecule has 1 aliphatic heterocycles. The van der Waals surface area contributed by atoms with Crippen molar-refractivity contribution in [2.75, 3.05) is 6.54 Å². The van der Waals surface area contributed by atoms with Crippen LogP contribution in [0.15, 0.2) is 48.7 Å². The van der Waals surface area contributed by atoms with Crippen LogP contribution in [-0.2, 0) is 0 Å². The molecule has 1 aliphatic rings. The van der Waals surface area contributed by atoms with E-state index in [-0.39, 0.29) is 11.9 Å². The van der Waals surface area contributed by atoms with Crippen molar-refractivity contribution in [3.63, 3.8) is 0 Å². The van der Waals surface area contributed by atoms with Crippen LogP contribution in [0.25, 0.3) is 0 Å². The van der Waals surface area contributed by atoms with E-state index in [9.17, 15) is 4.79 Å². The Morgan fingerprint density at radius 2 is 2.05 bits per heavy atom. The van der Waals surface area contributed by atoms with Crippen molar-refractivity contribution in [2.24, 2.45) is 0 Å². The SMILES string of the molecule is Cc1cc([C@@H]2CCCN2C(=O)c2ccccc2)ccn1. The molecule has 0 radical (unpaired) electrons. The van der Waals surface area contributed by atoms with Crippen molar-refractivity contribution < 1.29 is 4.79 Å². The molecule has 3 rings (SSSR count). The summed E-state index contributed by atoms with van der Waals surface area (Å²) in [5, 5.41) is 0. The van der Waals surface area contributed by atoms with Gasteiger partial charge in [-0.3, -0.25) is 9.78 Å². The number of likely N-dealkylation sites (tertiary alicyclic amines) is 1. The first-order valence-corrected chi connectivity index (χ1v) is 7.04. The first kappa shape index (κ1) is 12.9. The van der Waals surface area contributed by atoms with Crippen LogP contribution in [0.3, 0.4) is 0 Å². The third kappa shape index (κ3) is 2.44. The third-order valence-corrected chi connectivity index (χ3v) is 3.84. The number of aromatic nitrogens is 1. The van der Waals surface area contributed by atoms with Gasteiger partial charge in [-0.1, -0.05) is 18.2 Å². The summed E-state index contributed by atoms with van der Waals surface area (Å²) in [6.45, 7) is 2.82. The second-order valence-corrected chi connectivity index (χ2v) is 5.25. The number of benzene rings is 1. The second kappa shape index (κ2) is 5.45. The van der Waals surface area contributed by atoms with E-state index < -0.39 is 0 Å². The molecule has 2 aromatic rings. The molecule has 1 aromatic carbocycles. The quantitative estimate of drug-likeness (QED) is 0.835. The normalized spacial score (nSPS) is 18.2. The second-order valence-electron chi connectivity index (χ2n) is 5.25. The number of pyridine rings is 1. The number of nitrogens with zero attached hydrogens (tertiary/aromatic N) is 2. The Morgan fingerprint density at radius 1 is 1.25 bits per heavy atom. The average Bonchev–Trinajstić information content (AvgIpc) is 2.97. The van der Waals surface area contributed by atoms with Crippen LogP contribution in [0, 0.1) is 6.92 Å². The monoisotopic (exact) mass is 266 g/mol. The summed E-state index contributed by atoms with van der Waals surface area (Å²) < 4.78 is 0. The summed E-state index contributed by atoms with van der Waals surface area (Å²) in [5.74, 6) is 0.127. The Labute approximate surface area is 119 Å². The van der Waals surface area contributed by atoms with E-state index in [4.69, 9.17) is 0 Å². The molecule has 0 aliphatic carbocycles. The molecular formula is C17H18N2O. The molecule has 0 saturated carbocycles. The predicted molar refractivity (Wildman–Crippen MR) is 78.4 cm³/mol. The third-order valence-electron chi connectivity index (χ3n) is 3.84. The molecule has 3 heteroatoms. The molecule has 20 heavy (non-hydrogen) atoms. The standard InChI is InChI=1S/C17H18N2O/c1-13-12-15(9-10-18-13)16-8-5-11-19(16)17(20)14-6-3-2-4-7-14/h2-4,6-7,9-10,12,16H,5,8,11H2,1H3/t16-/m0/s1. The minimum absolute atomic E-state index is 0.127. The van der Waals surface area contributed by atoms with E-state index in [0.29, 0.717) is 0 Å². The van der Waals surface area contributed by atoms with Crippen LogP contribution in [0.1, 0.15) is 40.5 Å². The number of hydrogen-bond acceptors (Lipinski definition) is 2. The Morgan fingerprint density at radius 3 is 2.80 bits per heavy atom. The van der Waals surface area contributed by atoms with Crippen molar-refractivity contribution in [1.29, 1.82) is 0 Å². The highest BCUT2D eigenvalue weighted by Crippen LogP contribution is 2.33. The van der Waals surface area contributed by atoms with E-state index in [2.05, 4.69) is 11.1 Å². The average molecular weight is 266 g/mol. The van der Waals surface area contributed by atoms with Crippen LogP contribution in [-0.4, -0.2) is 22.3 Å². The lowest BCUT2D eigenvalue weighted by atomic mass is 10.0. The fourth-order valence-corrected chi connectivity index (χ4v) is 2.88. The van der Waals surface area contributed by atoms with Gasteiger partial charge in [-0.05, 0) is 49.6 Å². The number of aryl methyl sites for hydroxylation is 1. The van der Waals surface area contributed by atoms with Gasteiger partial charge in [0.15, 0.2) is 0 Å². The van der Waals surface area contributed by atoms with E-state index in [1.807, 2.05) is 54.4 Å². The highest BCUT2D eigenvalue weighted by Gasteiger charge is 2.30. The molecular weight excluding hydrogens is 248 g/mol. The predicted octanol–water partition coefficient (Wildman–Crippen LogP) is 3.37. The van der Waals surface area contributed by atoms with Gasteiger partial charge in [-0.25, -0.2) is 0 Å². The molecule has 1 amide bonds. The Hall–Kier alpha value is -2.16. The number of rotatable bonds is 2. The van der Waals surface area contributed by atoms with E-state index in [1.54, 1.807) is 0 Å². The smallest absolute Gasteiger partial charge is 0.254 e. The maximum absolute atomic E-state index is 12.6. The zero-order valence-electron chi connectivity index (χ0n) is 11.6. The Bertz CT molecular complexity index is 609. The van der Waals surface area contributed by atoms with Crippen molar-refractivity contribution in [2.45, 2.75) is 25.8 Å².